The third kappa shape index (κ3) is 1.89. The van der Waals surface area contributed by atoms with Crippen LogP contribution in [0.4, 0.5) is 0 Å². The first-order chi connectivity index (χ1) is 8.74. The number of rotatable bonds is 2. The van der Waals surface area contributed by atoms with E-state index in [-0.39, 0.29) is 6.04 Å². The van der Waals surface area contributed by atoms with E-state index in [1.54, 1.807) is 12.4 Å². The fourth-order valence-corrected chi connectivity index (χ4v) is 2.06. The number of aryl methyl sites for hydroxylation is 1. The van der Waals surface area contributed by atoms with Crippen molar-refractivity contribution in [3.63, 3.8) is 0 Å². The minimum absolute atomic E-state index is 0.272. The molecule has 90 valence electrons. The van der Waals surface area contributed by atoms with Gasteiger partial charge in [-0.2, -0.15) is 0 Å². The molecule has 0 aliphatic heterocycles. The van der Waals surface area contributed by atoms with Crippen LogP contribution in [0.25, 0.3) is 11.0 Å². The van der Waals surface area contributed by atoms with E-state index in [9.17, 15) is 0 Å². The first kappa shape index (κ1) is 11.0. The van der Waals surface area contributed by atoms with E-state index in [0.29, 0.717) is 0 Å². The molecule has 0 bridgehead atoms. The third-order valence-corrected chi connectivity index (χ3v) is 3.04. The molecule has 0 fully saturated rings. The van der Waals surface area contributed by atoms with E-state index in [0.717, 1.165) is 22.3 Å². The quantitative estimate of drug-likeness (QED) is 0.746. The summed E-state index contributed by atoms with van der Waals surface area (Å²) in [4.78, 5) is 4.08. The van der Waals surface area contributed by atoms with Crippen LogP contribution in [0, 0.1) is 6.92 Å². The van der Waals surface area contributed by atoms with Gasteiger partial charge in [-0.05, 0) is 36.8 Å². The highest BCUT2D eigenvalue weighted by molar-refractivity contribution is 5.78. The summed E-state index contributed by atoms with van der Waals surface area (Å²) in [6, 6.07) is 11.7. The minimum atomic E-state index is -0.272. The Morgan fingerprint density at radius 2 is 2.11 bits per heavy atom. The molecule has 0 radical (unpaired) electrons. The number of nitrogens with two attached hydrogens (primary N) is 1. The van der Waals surface area contributed by atoms with Crippen molar-refractivity contribution in [3.05, 3.63) is 65.7 Å². The number of nitrogens with zero attached hydrogens (tertiary/aromatic N) is 1. The Hall–Kier alpha value is -2.13. The molecule has 2 aromatic heterocycles. The van der Waals surface area contributed by atoms with E-state index >= 15 is 0 Å². The molecule has 18 heavy (non-hydrogen) atoms. The molecular formula is C15H14N2O. The molecule has 0 saturated heterocycles. The molecular weight excluding hydrogens is 224 g/mol. The van der Waals surface area contributed by atoms with Gasteiger partial charge in [0.1, 0.15) is 11.3 Å². The number of furan rings is 1. The highest BCUT2D eigenvalue weighted by atomic mass is 16.3. The average Bonchev–Trinajstić information content (AvgIpc) is 2.81. The highest BCUT2D eigenvalue weighted by Crippen LogP contribution is 2.26. The lowest BCUT2D eigenvalue weighted by atomic mass is 10.1. The predicted octanol–water partition coefficient (Wildman–Crippen LogP) is 3.18. The molecule has 1 aromatic carbocycles. The fraction of sp³-hybridized carbons (Fsp3) is 0.133. The van der Waals surface area contributed by atoms with Gasteiger partial charge in [0.2, 0.25) is 0 Å². The maximum absolute atomic E-state index is 6.18. The van der Waals surface area contributed by atoms with E-state index in [4.69, 9.17) is 10.2 Å². The SMILES string of the molecule is Cc1ccc2oc(C(N)c3cccnc3)cc2c1. The number of hydrogen-bond donors (Lipinski definition) is 1. The van der Waals surface area contributed by atoms with Crippen molar-refractivity contribution in [2.45, 2.75) is 13.0 Å². The van der Waals surface area contributed by atoms with Gasteiger partial charge < -0.3 is 10.2 Å². The second-order valence-electron chi connectivity index (χ2n) is 4.45. The van der Waals surface area contributed by atoms with Crippen LogP contribution in [-0.2, 0) is 0 Å². The van der Waals surface area contributed by atoms with Crippen molar-refractivity contribution in [3.8, 4) is 0 Å². The van der Waals surface area contributed by atoms with Gasteiger partial charge >= 0.3 is 0 Å². The van der Waals surface area contributed by atoms with Gasteiger partial charge in [0, 0.05) is 17.8 Å². The summed E-state index contributed by atoms with van der Waals surface area (Å²) in [6.07, 6.45) is 3.50. The number of pyridine rings is 1. The topological polar surface area (TPSA) is 52.0 Å². The Kier molecular flexibility index (Phi) is 2.61. The molecule has 3 heteroatoms. The number of hydrogen-bond acceptors (Lipinski definition) is 3. The summed E-state index contributed by atoms with van der Waals surface area (Å²) < 4.78 is 5.79. The second kappa shape index (κ2) is 4.27. The minimum Gasteiger partial charge on any atom is -0.459 e. The first-order valence-electron chi connectivity index (χ1n) is 5.89. The van der Waals surface area contributed by atoms with E-state index in [1.807, 2.05) is 30.3 Å². The van der Waals surface area contributed by atoms with Gasteiger partial charge in [-0.15, -0.1) is 0 Å². The van der Waals surface area contributed by atoms with Crippen LogP contribution in [0.5, 0.6) is 0 Å². The summed E-state index contributed by atoms with van der Waals surface area (Å²) >= 11 is 0. The van der Waals surface area contributed by atoms with Crippen LogP contribution in [0.3, 0.4) is 0 Å². The van der Waals surface area contributed by atoms with Gasteiger partial charge in [0.05, 0.1) is 6.04 Å². The zero-order chi connectivity index (χ0) is 12.5. The molecule has 0 spiro atoms. The molecule has 3 aromatic rings. The highest BCUT2D eigenvalue weighted by Gasteiger charge is 2.14. The van der Waals surface area contributed by atoms with Gasteiger partial charge in [0.15, 0.2) is 0 Å². The Morgan fingerprint density at radius 1 is 1.22 bits per heavy atom. The van der Waals surface area contributed by atoms with Gasteiger partial charge in [-0.3, -0.25) is 4.98 Å². The molecule has 1 unspecified atom stereocenters. The predicted molar refractivity (Wildman–Crippen MR) is 71.2 cm³/mol. The summed E-state index contributed by atoms with van der Waals surface area (Å²) in [5.41, 5.74) is 9.22. The molecule has 2 heterocycles. The lowest BCUT2D eigenvalue weighted by Crippen LogP contribution is -2.10. The zero-order valence-electron chi connectivity index (χ0n) is 10.1. The maximum Gasteiger partial charge on any atom is 0.134 e. The monoisotopic (exact) mass is 238 g/mol. The molecule has 0 amide bonds. The first-order valence-corrected chi connectivity index (χ1v) is 5.89. The van der Waals surface area contributed by atoms with Crippen LogP contribution < -0.4 is 5.73 Å². The van der Waals surface area contributed by atoms with Crippen molar-refractivity contribution in [2.24, 2.45) is 5.73 Å². The largest absolute Gasteiger partial charge is 0.459 e. The van der Waals surface area contributed by atoms with Crippen molar-refractivity contribution in [2.75, 3.05) is 0 Å². The number of benzene rings is 1. The summed E-state index contributed by atoms with van der Waals surface area (Å²) in [6.45, 7) is 2.06. The summed E-state index contributed by atoms with van der Waals surface area (Å²) in [5.74, 6) is 0.767. The molecule has 1 atom stereocenters. The smallest absolute Gasteiger partial charge is 0.134 e. The normalized spacial score (nSPS) is 12.8. The zero-order valence-corrected chi connectivity index (χ0v) is 10.1. The summed E-state index contributed by atoms with van der Waals surface area (Å²) in [5, 5.41) is 1.09. The van der Waals surface area contributed by atoms with E-state index < -0.39 is 0 Å². The molecule has 2 N–H and O–H groups in total. The number of aromatic nitrogens is 1. The van der Waals surface area contributed by atoms with Crippen molar-refractivity contribution in [1.29, 1.82) is 0 Å². The van der Waals surface area contributed by atoms with Crippen LogP contribution in [0.2, 0.25) is 0 Å². The Labute approximate surface area is 105 Å². The molecule has 0 aliphatic carbocycles. The van der Waals surface area contributed by atoms with Crippen molar-refractivity contribution < 1.29 is 4.42 Å². The molecule has 0 saturated carbocycles. The van der Waals surface area contributed by atoms with E-state index in [1.165, 1.54) is 5.56 Å². The van der Waals surface area contributed by atoms with Crippen LogP contribution in [-0.4, -0.2) is 4.98 Å². The van der Waals surface area contributed by atoms with Crippen LogP contribution in [0.15, 0.2) is 53.2 Å². The fourth-order valence-electron chi connectivity index (χ4n) is 2.06. The van der Waals surface area contributed by atoms with Crippen molar-refractivity contribution in [1.82, 2.24) is 4.98 Å². The lowest BCUT2D eigenvalue weighted by molar-refractivity contribution is 0.524. The Morgan fingerprint density at radius 3 is 2.89 bits per heavy atom. The Balaban J connectivity index is 2.04. The molecule has 3 rings (SSSR count). The van der Waals surface area contributed by atoms with Crippen LogP contribution in [0.1, 0.15) is 22.9 Å². The van der Waals surface area contributed by atoms with Crippen LogP contribution >= 0.6 is 0 Å². The molecule has 3 nitrogen and oxygen atoms in total. The average molecular weight is 238 g/mol. The van der Waals surface area contributed by atoms with E-state index in [2.05, 4.69) is 18.0 Å². The van der Waals surface area contributed by atoms with Crippen molar-refractivity contribution >= 4 is 11.0 Å². The van der Waals surface area contributed by atoms with Gasteiger partial charge in [-0.25, -0.2) is 0 Å². The van der Waals surface area contributed by atoms with Gasteiger partial charge in [0.25, 0.3) is 0 Å². The van der Waals surface area contributed by atoms with Gasteiger partial charge in [-0.1, -0.05) is 17.7 Å². The standard InChI is InChI=1S/C15H14N2O/c1-10-4-5-13-12(7-10)8-14(18-13)15(16)11-3-2-6-17-9-11/h2-9,15H,16H2,1H3. The Bertz CT molecular complexity index is 673. The second-order valence-corrected chi connectivity index (χ2v) is 4.45. The third-order valence-electron chi connectivity index (χ3n) is 3.04. The summed E-state index contributed by atoms with van der Waals surface area (Å²) in [7, 11) is 0. The molecule has 0 aliphatic rings. The lowest BCUT2D eigenvalue weighted by Gasteiger charge is -2.07. The number of fused-ring (bicyclic) bond motifs is 1. The maximum atomic E-state index is 6.18.